The van der Waals surface area contributed by atoms with Crippen LogP contribution in [-0.2, 0) is 17.7 Å². The summed E-state index contributed by atoms with van der Waals surface area (Å²) in [6.45, 7) is 5.83. The summed E-state index contributed by atoms with van der Waals surface area (Å²) >= 11 is 0. The Morgan fingerprint density at radius 3 is 2.67 bits per heavy atom. The van der Waals surface area contributed by atoms with Crippen LogP contribution in [0.2, 0.25) is 0 Å². The zero-order valence-corrected chi connectivity index (χ0v) is 25.0. The molecule has 2 aromatic carbocycles. The first-order valence-electron chi connectivity index (χ1n) is 15.5. The molecule has 5 rings (SSSR count). The van der Waals surface area contributed by atoms with E-state index in [9.17, 15) is 14.7 Å². The Labute approximate surface area is 249 Å². The van der Waals surface area contributed by atoms with Crippen molar-refractivity contribution in [3.8, 4) is 11.5 Å². The Kier molecular flexibility index (Phi) is 10.2. The molecule has 228 valence electrons. The monoisotopic (exact) mass is 579 g/mol. The smallest absolute Gasteiger partial charge is 0.409 e. The fraction of sp³-hybridized carbons (Fsp3) is 0.576. The summed E-state index contributed by atoms with van der Waals surface area (Å²) in [5.41, 5.74) is 3.18. The van der Waals surface area contributed by atoms with E-state index in [1.54, 1.807) is 15.9 Å². The molecule has 0 aromatic heterocycles. The molecule has 1 saturated carbocycles. The quantitative estimate of drug-likeness (QED) is 0.415. The van der Waals surface area contributed by atoms with Gasteiger partial charge in [0.25, 0.3) is 5.91 Å². The minimum absolute atomic E-state index is 0.0405. The van der Waals surface area contributed by atoms with Crippen LogP contribution >= 0.6 is 0 Å². The maximum absolute atomic E-state index is 13.4. The summed E-state index contributed by atoms with van der Waals surface area (Å²) in [4.78, 5) is 31.4. The lowest BCUT2D eigenvalue weighted by Gasteiger charge is -2.34. The molecule has 0 saturated heterocycles. The highest BCUT2D eigenvalue weighted by atomic mass is 16.6. The second kappa shape index (κ2) is 14.2. The number of aliphatic hydroxyl groups excluding tert-OH is 1. The van der Waals surface area contributed by atoms with Gasteiger partial charge in [-0.05, 0) is 61.8 Å². The number of carbonyl (C=O) groups excluding carboxylic acids is 2. The van der Waals surface area contributed by atoms with Gasteiger partial charge in [0.15, 0.2) is 0 Å². The van der Waals surface area contributed by atoms with E-state index in [-0.39, 0.29) is 30.7 Å². The first-order chi connectivity index (χ1) is 20.4. The van der Waals surface area contributed by atoms with Crippen molar-refractivity contribution in [3.63, 3.8) is 0 Å². The van der Waals surface area contributed by atoms with Crippen molar-refractivity contribution in [2.75, 3.05) is 46.4 Å². The van der Waals surface area contributed by atoms with Crippen LogP contribution in [0.5, 0.6) is 11.5 Å². The van der Waals surface area contributed by atoms with Crippen molar-refractivity contribution < 1.29 is 28.9 Å². The van der Waals surface area contributed by atoms with Gasteiger partial charge in [-0.3, -0.25) is 9.69 Å². The lowest BCUT2D eigenvalue weighted by atomic mass is 9.92. The molecule has 0 unspecified atom stereocenters. The average molecular weight is 580 g/mol. The zero-order chi connectivity index (χ0) is 29.5. The normalized spacial score (nSPS) is 21.4. The number of ether oxygens (including phenoxy) is 3. The standard InChI is InChI=1S/C33H45N3O6/c1-3-4-18-41-33(39)34(2)26-9-11-28(12-10-26)42-29-13-14-30-31(20-29)40-19-17-36(32(30)38)23-27(37)22-35-16-15-24-7-5-6-8-25(24)21-35/h5-8,13-14,20,26-28,37H,3-4,9-12,15-19,21-23H2,1-2H3/t26?,27-,28?/m1/s1. The third kappa shape index (κ3) is 7.55. The lowest BCUT2D eigenvalue weighted by Crippen LogP contribution is -2.44. The number of aliphatic hydroxyl groups is 1. The average Bonchev–Trinajstić information content (AvgIpc) is 3.15. The molecule has 0 radical (unpaired) electrons. The summed E-state index contributed by atoms with van der Waals surface area (Å²) < 4.78 is 17.6. The van der Waals surface area contributed by atoms with E-state index < -0.39 is 6.10 Å². The second-order valence-corrected chi connectivity index (χ2v) is 11.8. The molecule has 9 heteroatoms. The largest absolute Gasteiger partial charge is 0.491 e. The molecule has 1 N–H and O–H groups in total. The minimum atomic E-state index is -0.643. The number of hydrogen-bond donors (Lipinski definition) is 1. The van der Waals surface area contributed by atoms with Crippen molar-refractivity contribution in [2.45, 2.75) is 76.7 Å². The van der Waals surface area contributed by atoms with Crippen molar-refractivity contribution in [1.29, 1.82) is 0 Å². The Hall–Kier alpha value is -3.30. The number of benzene rings is 2. The molecule has 1 fully saturated rings. The van der Waals surface area contributed by atoms with E-state index in [0.717, 1.165) is 58.0 Å². The predicted octanol–water partition coefficient (Wildman–Crippen LogP) is 4.50. The first-order valence-corrected chi connectivity index (χ1v) is 15.5. The number of nitrogens with zero attached hydrogens (tertiary/aromatic N) is 3. The van der Waals surface area contributed by atoms with Gasteiger partial charge in [-0.15, -0.1) is 0 Å². The molecule has 0 bridgehead atoms. The van der Waals surface area contributed by atoms with Gasteiger partial charge in [0, 0.05) is 45.3 Å². The van der Waals surface area contributed by atoms with Gasteiger partial charge in [-0.25, -0.2) is 4.79 Å². The molecule has 2 amide bonds. The number of amides is 2. The molecule has 0 spiro atoms. The SMILES string of the molecule is CCCCOC(=O)N(C)C1CCC(Oc2ccc3c(c2)OCCN(C[C@H](O)CN2CCc4ccccc4C2)C3=O)CC1. The van der Waals surface area contributed by atoms with E-state index >= 15 is 0 Å². The van der Waals surface area contributed by atoms with E-state index in [2.05, 4.69) is 36.1 Å². The second-order valence-electron chi connectivity index (χ2n) is 11.8. The predicted molar refractivity (Wildman–Crippen MR) is 160 cm³/mol. The van der Waals surface area contributed by atoms with Crippen LogP contribution in [-0.4, -0.2) is 96.5 Å². The van der Waals surface area contributed by atoms with Crippen molar-refractivity contribution in [2.24, 2.45) is 0 Å². The van der Waals surface area contributed by atoms with Crippen LogP contribution in [0.4, 0.5) is 4.79 Å². The van der Waals surface area contributed by atoms with Gasteiger partial charge in [-0.1, -0.05) is 37.6 Å². The van der Waals surface area contributed by atoms with Crippen LogP contribution in [0.1, 0.15) is 66.9 Å². The van der Waals surface area contributed by atoms with E-state index in [1.807, 2.05) is 19.2 Å². The molecule has 42 heavy (non-hydrogen) atoms. The Balaban J connectivity index is 1.11. The summed E-state index contributed by atoms with van der Waals surface area (Å²) in [6.07, 6.45) is 5.38. The van der Waals surface area contributed by atoms with Crippen LogP contribution in [0.25, 0.3) is 0 Å². The number of fused-ring (bicyclic) bond motifs is 2. The number of β-amino-alcohol motifs (C(OH)–C–C–N with tert-alkyl or cyclic N) is 1. The van der Waals surface area contributed by atoms with Crippen molar-refractivity contribution in [3.05, 3.63) is 59.2 Å². The lowest BCUT2D eigenvalue weighted by molar-refractivity contribution is 0.0501. The van der Waals surface area contributed by atoms with Gasteiger partial charge >= 0.3 is 6.09 Å². The molecule has 3 aliphatic rings. The summed E-state index contributed by atoms with van der Waals surface area (Å²) in [7, 11) is 1.82. The Bertz CT molecular complexity index is 1210. The molecule has 9 nitrogen and oxygen atoms in total. The van der Waals surface area contributed by atoms with Crippen molar-refractivity contribution in [1.82, 2.24) is 14.7 Å². The molecule has 2 aliphatic heterocycles. The van der Waals surface area contributed by atoms with Gasteiger partial charge in [0.05, 0.1) is 30.9 Å². The Morgan fingerprint density at radius 1 is 1.10 bits per heavy atom. The maximum Gasteiger partial charge on any atom is 0.409 e. The molecule has 2 aromatic rings. The summed E-state index contributed by atoms with van der Waals surface area (Å²) in [5.74, 6) is 1.06. The van der Waals surface area contributed by atoms with Crippen LogP contribution in [0.15, 0.2) is 42.5 Å². The van der Waals surface area contributed by atoms with Crippen LogP contribution in [0.3, 0.4) is 0 Å². The number of hydrogen-bond acceptors (Lipinski definition) is 7. The molecular formula is C33H45N3O6. The third-order valence-corrected chi connectivity index (χ3v) is 8.70. The summed E-state index contributed by atoms with van der Waals surface area (Å²) in [5, 5.41) is 10.9. The first kappa shape index (κ1) is 30.2. The Morgan fingerprint density at radius 2 is 1.88 bits per heavy atom. The minimum Gasteiger partial charge on any atom is -0.491 e. The topological polar surface area (TPSA) is 91.8 Å². The fourth-order valence-electron chi connectivity index (χ4n) is 6.20. The van der Waals surface area contributed by atoms with Gasteiger partial charge in [0.1, 0.15) is 18.1 Å². The highest BCUT2D eigenvalue weighted by Crippen LogP contribution is 2.32. The molecular weight excluding hydrogens is 534 g/mol. The molecule has 1 atom stereocenters. The van der Waals surface area contributed by atoms with Gasteiger partial charge in [0.2, 0.25) is 0 Å². The fourth-order valence-corrected chi connectivity index (χ4v) is 6.20. The van der Waals surface area contributed by atoms with Crippen LogP contribution < -0.4 is 9.47 Å². The highest BCUT2D eigenvalue weighted by Gasteiger charge is 2.30. The van der Waals surface area contributed by atoms with E-state index in [4.69, 9.17) is 14.2 Å². The highest BCUT2D eigenvalue weighted by molar-refractivity contribution is 5.97. The van der Waals surface area contributed by atoms with E-state index in [1.165, 1.54) is 11.1 Å². The number of rotatable bonds is 10. The molecule has 2 heterocycles. The number of unbranched alkanes of at least 4 members (excludes halogenated alkanes) is 1. The van der Waals surface area contributed by atoms with Gasteiger partial charge < -0.3 is 29.1 Å². The third-order valence-electron chi connectivity index (χ3n) is 8.70. The number of carbonyl (C=O) groups is 2. The van der Waals surface area contributed by atoms with E-state index in [0.29, 0.717) is 43.4 Å². The zero-order valence-electron chi connectivity index (χ0n) is 25.0. The molecule has 1 aliphatic carbocycles. The van der Waals surface area contributed by atoms with Crippen molar-refractivity contribution >= 4 is 12.0 Å². The maximum atomic E-state index is 13.4. The summed E-state index contributed by atoms with van der Waals surface area (Å²) in [6, 6.07) is 14.0. The van der Waals surface area contributed by atoms with Crippen LogP contribution in [0, 0.1) is 0 Å². The van der Waals surface area contributed by atoms with Gasteiger partial charge in [-0.2, -0.15) is 0 Å².